The summed E-state index contributed by atoms with van der Waals surface area (Å²) >= 11 is 5.58. The Kier molecular flexibility index (Phi) is 4.59. The van der Waals surface area contributed by atoms with Gasteiger partial charge < -0.3 is 25.8 Å². The van der Waals surface area contributed by atoms with Crippen LogP contribution >= 0.6 is 12.2 Å². The molecule has 1 saturated heterocycles. The number of fused-ring (bicyclic) bond motifs is 3. The number of H-pyrrole nitrogens is 1. The van der Waals surface area contributed by atoms with Crippen LogP contribution in [0, 0.1) is 5.82 Å². The molecule has 0 spiro atoms. The van der Waals surface area contributed by atoms with Crippen LogP contribution in [0.15, 0.2) is 48.8 Å². The van der Waals surface area contributed by atoms with E-state index >= 15 is 0 Å². The number of nitrogen functional groups attached to an aromatic ring is 1. The normalized spacial score (nSPS) is 14.4. The van der Waals surface area contributed by atoms with Crippen LogP contribution in [0.4, 0.5) is 21.6 Å². The quantitative estimate of drug-likeness (QED) is 0.338. The summed E-state index contributed by atoms with van der Waals surface area (Å²) in [7, 11) is 0. The van der Waals surface area contributed by atoms with Crippen LogP contribution in [0.2, 0.25) is 0 Å². The summed E-state index contributed by atoms with van der Waals surface area (Å²) in [5, 5.41) is 5.80. The highest BCUT2D eigenvalue weighted by Gasteiger charge is 2.23. The number of aromatic amines is 1. The average Bonchev–Trinajstić information content (AvgIpc) is 3.13. The van der Waals surface area contributed by atoms with E-state index in [0.29, 0.717) is 10.8 Å². The van der Waals surface area contributed by atoms with Crippen LogP contribution in [-0.2, 0) is 0 Å². The van der Waals surface area contributed by atoms with E-state index in [-0.39, 0.29) is 5.82 Å². The number of halogens is 1. The molecule has 0 aliphatic carbocycles. The van der Waals surface area contributed by atoms with Gasteiger partial charge in [-0.3, -0.25) is 0 Å². The van der Waals surface area contributed by atoms with E-state index in [0.717, 1.165) is 59.7 Å². The van der Waals surface area contributed by atoms with Crippen molar-refractivity contribution in [2.24, 2.45) is 0 Å². The van der Waals surface area contributed by atoms with Gasteiger partial charge in [0.15, 0.2) is 5.11 Å². The monoisotopic (exact) mass is 421 g/mol. The van der Waals surface area contributed by atoms with E-state index in [1.165, 1.54) is 12.1 Å². The fourth-order valence-corrected chi connectivity index (χ4v) is 4.12. The number of aromatic nitrogens is 3. The molecule has 4 aromatic rings. The molecule has 0 amide bonds. The standard InChI is InChI=1S/C21H20FN7S/c22-13-1-6-16-17(11-13)27-19-18(16)20(25-12-24-19)28-7-9-29(10-8-28)21(30)26-15-4-2-14(23)3-5-15/h1-6,11-12H,7-10,23H2,(H,26,30)(H,24,25,27). The van der Waals surface area contributed by atoms with Gasteiger partial charge in [0, 0.05) is 42.9 Å². The smallest absolute Gasteiger partial charge is 0.173 e. The lowest BCUT2D eigenvalue weighted by Crippen LogP contribution is -2.50. The van der Waals surface area contributed by atoms with Gasteiger partial charge in [-0.05, 0) is 54.7 Å². The Morgan fingerprint density at radius 1 is 1.07 bits per heavy atom. The molecule has 4 N–H and O–H groups in total. The predicted molar refractivity (Wildman–Crippen MR) is 122 cm³/mol. The fraction of sp³-hybridized carbons (Fsp3) is 0.190. The van der Waals surface area contributed by atoms with E-state index in [2.05, 4.69) is 30.1 Å². The Morgan fingerprint density at radius 2 is 1.83 bits per heavy atom. The molecule has 0 unspecified atom stereocenters. The third-order valence-corrected chi connectivity index (χ3v) is 5.72. The second-order valence-corrected chi connectivity index (χ2v) is 7.65. The molecule has 1 fully saturated rings. The number of thiocarbonyl (C=S) groups is 1. The van der Waals surface area contributed by atoms with Crippen molar-refractivity contribution in [2.45, 2.75) is 0 Å². The molecule has 0 saturated carbocycles. The molecule has 5 rings (SSSR count). The predicted octanol–water partition coefficient (Wildman–Crippen LogP) is 3.35. The van der Waals surface area contributed by atoms with Crippen LogP contribution in [0.3, 0.4) is 0 Å². The molecule has 2 aromatic heterocycles. The minimum atomic E-state index is -0.278. The first-order valence-electron chi connectivity index (χ1n) is 9.67. The largest absolute Gasteiger partial charge is 0.399 e. The summed E-state index contributed by atoms with van der Waals surface area (Å²) in [6, 6.07) is 12.2. The van der Waals surface area contributed by atoms with Crippen molar-refractivity contribution in [3.63, 3.8) is 0 Å². The maximum atomic E-state index is 13.6. The Bertz CT molecular complexity index is 1230. The van der Waals surface area contributed by atoms with Gasteiger partial charge in [0.25, 0.3) is 0 Å². The number of piperazine rings is 1. The molecule has 1 aliphatic heterocycles. The van der Waals surface area contributed by atoms with Crippen LogP contribution in [0.25, 0.3) is 21.9 Å². The highest BCUT2D eigenvalue weighted by molar-refractivity contribution is 7.80. The van der Waals surface area contributed by atoms with Crippen molar-refractivity contribution in [3.8, 4) is 0 Å². The minimum Gasteiger partial charge on any atom is -0.399 e. The molecule has 9 heteroatoms. The van der Waals surface area contributed by atoms with Gasteiger partial charge in [-0.15, -0.1) is 0 Å². The summed E-state index contributed by atoms with van der Waals surface area (Å²) in [6.07, 6.45) is 1.54. The van der Waals surface area contributed by atoms with Crippen LogP contribution in [-0.4, -0.2) is 51.1 Å². The summed E-state index contributed by atoms with van der Waals surface area (Å²) < 4.78 is 13.6. The summed E-state index contributed by atoms with van der Waals surface area (Å²) in [6.45, 7) is 3.07. The van der Waals surface area contributed by atoms with Gasteiger partial charge >= 0.3 is 0 Å². The van der Waals surface area contributed by atoms with Crippen molar-refractivity contribution in [1.29, 1.82) is 0 Å². The topological polar surface area (TPSA) is 86.1 Å². The van der Waals surface area contributed by atoms with Gasteiger partial charge in [0.1, 0.15) is 23.6 Å². The maximum Gasteiger partial charge on any atom is 0.173 e. The Balaban J connectivity index is 1.34. The first-order valence-corrected chi connectivity index (χ1v) is 10.1. The third kappa shape index (κ3) is 3.37. The molecule has 2 aromatic carbocycles. The maximum absolute atomic E-state index is 13.6. The van der Waals surface area contributed by atoms with Crippen molar-refractivity contribution in [2.75, 3.05) is 42.1 Å². The van der Waals surface area contributed by atoms with Crippen molar-refractivity contribution in [3.05, 3.63) is 54.6 Å². The Labute approximate surface area is 177 Å². The number of anilines is 3. The van der Waals surface area contributed by atoms with Gasteiger partial charge in [-0.25, -0.2) is 14.4 Å². The fourth-order valence-electron chi connectivity index (χ4n) is 3.81. The number of hydrogen-bond donors (Lipinski definition) is 3. The summed E-state index contributed by atoms with van der Waals surface area (Å²) in [5.41, 5.74) is 8.81. The van der Waals surface area contributed by atoms with E-state index < -0.39 is 0 Å². The number of nitrogens with one attached hydrogen (secondary N) is 2. The number of rotatable bonds is 2. The number of benzene rings is 2. The first kappa shape index (κ1) is 18.6. The van der Waals surface area contributed by atoms with Crippen LogP contribution in [0.1, 0.15) is 0 Å². The molecule has 30 heavy (non-hydrogen) atoms. The van der Waals surface area contributed by atoms with Gasteiger partial charge in [-0.2, -0.15) is 0 Å². The molecule has 7 nitrogen and oxygen atoms in total. The molecule has 152 valence electrons. The first-order chi connectivity index (χ1) is 14.6. The van der Waals surface area contributed by atoms with E-state index in [9.17, 15) is 4.39 Å². The second kappa shape index (κ2) is 7.42. The van der Waals surface area contributed by atoms with Gasteiger partial charge in [0.2, 0.25) is 0 Å². The lowest BCUT2D eigenvalue weighted by molar-refractivity contribution is 0.390. The van der Waals surface area contributed by atoms with Crippen molar-refractivity contribution >= 4 is 56.5 Å². The zero-order valence-electron chi connectivity index (χ0n) is 16.1. The van der Waals surface area contributed by atoms with Crippen molar-refractivity contribution < 1.29 is 4.39 Å². The molecule has 3 heterocycles. The van der Waals surface area contributed by atoms with Gasteiger partial charge in [-0.1, -0.05) is 0 Å². The third-order valence-electron chi connectivity index (χ3n) is 5.36. The molecular formula is C21H20FN7S. The number of hydrogen-bond acceptors (Lipinski definition) is 5. The molecular weight excluding hydrogens is 401 g/mol. The highest BCUT2D eigenvalue weighted by atomic mass is 32.1. The average molecular weight is 422 g/mol. The summed E-state index contributed by atoms with van der Waals surface area (Å²) in [5.74, 6) is 0.578. The minimum absolute atomic E-state index is 0.278. The zero-order chi connectivity index (χ0) is 20.7. The second-order valence-electron chi connectivity index (χ2n) is 7.26. The van der Waals surface area contributed by atoms with Crippen LogP contribution in [0.5, 0.6) is 0 Å². The lowest BCUT2D eigenvalue weighted by atomic mass is 10.2. The van der Waals surface area contributed by atoms with Crippen molar-refractivity contribution in [1.82, 2.24) is 19.9 Å². The SMILES string of the molecule is Nc1ccc(NC(=S)N2CCN(c3ncnc4[nH]c5cc(F)ccc5c34)CC2)cc1. The van der Waals surface area contributed by atoms with E-state index in [1.54, 1.807) is 12.4 Å². The van der Waals surface area contributed by atoms with Gasteiger partial charge in [0.05, 0.1) is 10.9 Å². The van der Waals surface area contributed by atoms with Crippen LogP contribution < -0.4 is 16.0 Å². The lowest BCUT2D eigenvalue weighted by Gasteiger charge is -2.37. The summed E-state index contributed by atoms with van der Waals surface area (Å²) in [4.78, 5) is 16.4. The molecule has 0 radical (unpaired) electrons. The molecule has 0 atom stereocenters. The van der Waals surface area contributed by atoms with E-state index in [1.807, 2.05) is 24.3 Å². The highest BCUT2D eigenvalue weighted by Crippen LogP contribution is 2.31. The Morgan fingerprint density at radius 3 is 2.60 bits per heavy atom. The Hall–Kier alpha value is -3.46. The number of nitrogens with two attached hydrogens (primary N) is 1. The van der Waals surface area contributed by atoms with E-state index in [4.69, 9.17) is 18.0 Å². The molecule has 1 aliphatic rings. The zero-order valence-corrected chi connectivity index (χ0v) is 16.9. The molecule has 0 bridgehead atoms. The number of nitrogens with zero attached hydrogens (tertiary/aromatic N) is 4.